The number of hydrogen-bond acceptors (Lipinski definition) is 2. The van der Waals surface area contributed by atoms with E-state index in [1.54, 1.807) is 0 Å². The first-order valence-corrected chi connectivity index (χ1v) is 7.24. The van der Waals surface area contributed by atoms with Crippen molar-refractivity contribution in [3.8, 4) is 0 Å². The van der Waals surface area contributed by atoms with Gasteiger partial charge in [0.25, 0.3) is 0 Å². The second-order valence-corrected chi connectivity index (χ2v) is 5.74. The summed E-state index contributed by atoms with van der Waals surface area (Å²) in [6.07, 6.45) is 0.138. The fourth-order valence-corrected chi connectivity index (χ4v) is 2.93. The van der Waals surface area contributed by atoms with Crippen LogP contribution >= 0.6 is 11.6 Å². The third kappa shape index (κ3) is 3.41. The minimum absolute atomic E-state index is 0.0106. The average Bonchev–Trinajstić information content (AvgIpc) is 2.43. The Labute approximate surface area is 126 Å². The minimum Gasteiger partial charge on any atom is -0.381 e. The molecule has 0 atom stereocenters. The van der Waals surface area contributed by atoms with Crippen LogP contribution in [-0.4, -0.2) is 6.04 Å². The second kappa shape index (κ2) is 6.10. The minimum atomic E-state index is -4.62. The molecular formula is C14H16ClF3N3+. The van der Waals surface area contributed by atoms with E-state index in [-0.39, 0.29) is 16.8 Å². The molecule has 1 saturated carbocycles. The summed E-state index contributed by atoms with van der Waals surface area (Å²) in [5, 5.41) is 12.0. The van der Waals surface area contributed by atoms with Crippen molar-refractivity contribution in [1.29, 1.82) is 5.39 Å². The molecule has 0 amide bonds. The second-order valence-electron chi connectivity index (χ2n) is 5.33. The molecule has 7 heteroatoms. The van der Waals surface area contributed by atoms with Gasteiger partial charge >= 0.3 is 11.9 Å². The SMILES string of the molecule is Cc1c(Cl)cc([N+]#N)c(C(F)(F)F)c1NC1CCCCC1. The lowest BCUT2D eigenvalue weighted by Gasteiger charge is -2.26. The van der Waals surface area contributed by atoms with Crippen molar-refractivity contribution >= 4 is 23.0 Å². The normalized spacial score (nSPS) is 16.6. The van der Waals surface area contributed by atoms with Gasteiger partial charge in [-0.1, -0.05) is 30.9 Å². The van der Waals surface area contributed by atoms with Crippen molar-refractivity contribution in [3.63, 3.8) is 0 Å². The van der Waals surface area contributed by atoms with Crippen LogP contribution in [0, 0.1) is 12.3 Å². The zero-order valence-corrected chi connectivity index (χ0v) is 12.4. The monoisotopic (exact) mass is 318 g/mol. The molecule has 3 nitrogen and oxygen atoms in total. The Bertz CT molecular complexity index is 572. The molecule has 114 valence electrons. The van der Waals surface area contributed by atoms with Gasteiger partial charge in [-0.2, -0.15) is 13.2 Å². The number of alkyl halides is 3. The Morgan fingerprint density at radius 2 is 1.90 bits per heavy atom. The topological polar surface area (TPSA) is 40.2 Å². The molecular weight excluding hydrogens is 303 g/mol. The van der Waals surface area contributed by atoms with E-state index >= 15 is 0 Å². The van der Waals surface area contributed by atoms with Crippen LogP contribution in [0.25, 0.3) is 4.98 Å². The lowest BCUT2D eigenvalue weighted by atomic mass is 9.94. The van der Waals surface area contributed by atoms with Crippen molar-refractivity contribution < 1.29 is 13.2 Å². The maximum atomic E-state index is 13.3. The van der Waals surface area contributed by atoms with E-state index in [1.165, 1.54) is 6.92 Å². The van der Waals surface area contributed by atoms with E-state index in [4.69, 9.17) is 17.0 Å². The molecule has 21 heavy (non-hydrogen) atoms. The third-order valence-electron chi connectivity index (χ3n) is 3.85. The number of diazo groups is 1. The van der Waals surface area contributed by atoms with Crippen LogP contribution < -0.4 is 5.32 Å². The highest BCUT2D eigenvalue weighted by atomic mass is 35.5. The molecule has 0 aromatic heterocycles. The van der Waals surface area contributed by atoms with Crippen LogP contribution in [0.3, 0.4) is 0 Å². The Balaban J connectivity index is 2.50. The van der Waals surface area contributed by atoms with Crippen molar-refractivity contribution in [3.05, 3.63) is 27.2 Å². The lowest BCUT2D eigenvalue weighted by Crippen LogP contribution is -2.25. The maximum Gasteiger partial charge on any atom is 0.426 e. The van der Waals surface area contributed by atoms with E-state index in [0.717, 1.165) is 38.2 Å². The summed E-state index contributed by atoms with van der Waals surface area (Å²) >= 11 is 5.96. The van der Waals surface area contributed by atoms with E-state index in [9.17, 15) is 13.2 Å². The molecule has 1 aliphatic carbocycles. The Hall–Kier alpha value is -1.48. The first-order valence-electron chi connectivity index (χ1n) is 6.86. The predicted molar refractivity (Wildman–Crippen MR) is 76.4 cm³/mol. The van der Waals surface area contributed by atoms with Crippen LogP contribution in [0.5, 0.6) is 0 Å². The summed E-state index contributed by atoms with van der Waals surface area (Å²) in [5.74, 6) is 0. The summed E-state index contributed by atoms with van der Waals surface area (Å²) in [4.78, 5) is 2.75. The van der Waals surface area contributed by atoms with Crippen LogP contribution in [0.2, 0.25) is 5.02 Å². The van der Waals surface area contributed by atoms with Gasteiger partial charge < -0.3 is 5.32 Å². The largest absolute Gasteiger partial charge is 0.426 e. The molecule has 1 aromatic carbocycles. The number of halogens is 4. The number of benzene rings is 1. The quantitative estimate of drug-likeness (QED) is 0.690. The lowest BCUT2D eigenvalue weighted by molar-refractivity contribution is -0.136. The molecule has 1 N–H and O–H groups in total. The summed E-state index contributed by atoms with van der Waals surface area (Å²) in [6, 6.07) is 1.02. The number of nitrogens with one attached hydrogen (secondary N) is 1. The molecule has 1 aromatic rings. The molecule has 0 bridgehead atoms. The maximum absolute atomic E-state index is 13.3. The fourth-order valence-electron chi connectivity index (χ4n) is 2.73. The van der Waals surface area contributed by atoms with Gasteiger partial charge in [0.05, 0.1) is 16.8 Å². The van der Waals surface area contributed by atoms with E-state index < -0.39 is 17.4 Å². The Kier molecular flexibility index (Phi) is 4.62. The average molecular weight is 319 g/mol. The van der Waals surface area contributed by atoms with Gasteiger partial charge in [-0.05, 0) is 25.3 Å². The van der Waals surface area contributed by atoms with Crippen LogP contribution in [0.4, 0.5) is 24.5 Å². The van der Waals surface area contributed by atoms with Gasteiger partial charge in [-0.3, -0.25) is 0 Å². The molecule has 0 spiro atoms. The smallest absolute Gasteiger partial charge is 0.381 e. The van der Waals surface area contributed by atoms with E-state index in [0.29, 0.717) is 5.56 Å². The number of hydrogen-bond donors (Lipinski definition) is 1. The molecule has 0 saturated heterocycles. The van der Waals surface area contributed by atoms with Crippen molar-refractivity contribution in [1.82, 2.24) is 0 Å². The zero-order chi connectivity index (χ0) is 15.6. The summed E-state index contributed by atoms with van der Waals surface area (Å²) < 4.78 is 39.9. The van der Waals surface area contributed by atoms with Gasteiger partial charge in [0.1, 0.15) is 0 Å². The molecule has 1 fully saturated rings. The van der Waals surface area contributed by atoms with Gasteiger partial charge in [0, 0.05) is 6.04 Å². The standard InChI is InChI=1S/C14H16ClF3N3/c1-8-10(15)7-11(21-19)12(14(16,17)18)13(8)20-9-5-3-2-4-6-9/h7,9,20H,2-6H2,1H3/q+1. The fraction of sp³-hybridized carbons (Fsp3) is 0.571. The molecule has 0 aliphatic heterocycles. The highest BCUT2D eigenvalue weighted by Crippen LogP contribution is 2.46. The zero-order valence-electron chi connectivity index (χ0n) is 11.6. The predicted octanol–water partition coefficient (Wildman–Crippen LogP) is 5.90. The molecule has 1 aliphatic rings. The molecule has 0 unspecified atom stereocenters. The first kappa shape index (κ1) is 15.9. The van der Waals surface area contributed by atoms with Gasteiger partial charge in [-0.15, -0.1) is 0 Å². The first-order chi connectivity index (χ1) is 9.84. The highest BCUT2D eigenvalue weighted by molar-refractivity contribution is 6.32. The molecule has 0 heterocycles. The summed E-state index contributed by atoms with van der Waals surface area (Å²) in [5.41, 5.74) is -1.27. The van der Waals surface area contributed by atoms with Gasteiger partial charge in [-0.25, -0.2) is 0 Å². The third-order valence-corrected chi connectivity index (χ3v) is 4.24. The van der Waals surface area contributed by atoms with Crippen LogP contribution in [-0.2, 0) is 6.18 Å². The number of rotatable bonds is 2. The van der Waals surface area contributed by atoms with Crippen molar-refractivity contribution in [2.45, 2.75) is 51.2 Å². The van der Waals surface area contributed by atoms with Crippen molar-refractivity contribution in [2.24, 2.45) is 0 Å². The highest BCUT2D eigenvalue weighted by Gasteiger charge is 2.43. The van der Waals surface area contributed by atoms with E-state index in [2.05, 4.69) is 10.3 Å². The number of nitrogens with zero attached hydrogens (tertiary/aromatic N) is 2. The van der Waals surface area contributed by atoms with Gasteiger partial charge in [0.2, 0.25) is 5.39 Å². The molecule has 0 radical (unpaired) electrons. The molecule has 2 rings (SSSR count). The summed E-state index contributed by atoms with van der Waals surface area (Å²) in [7, 11) is 0. The number of anilines is 1. The van der Waals surface area contributed by atoms with Crippen LogP contribution in [0.15, 0.2) is 6.07 Å². The van der Waals surface area contributed by atoms with Gasteiger partial charge in [0.15, 0.2) is 10.5 Å². The summed E-state index contributed by atoms with van der Waals surface area (Å²) in [6.45, 7) is 1.53. The van der Waals surface area contributed by atoms with Crippen LogP contribution in [0.1, 0.15) is 43.2 Å². The Morgan fingerprint density at radius 3 is 2.43 bits per heavy atom. The van der Waals surface area contributed by atoms with E-state index in [1.807, 2.05) is 0 Å². The van der Waals surface area contributed by atoms with Crippen molar-refractivity contribution in [2.75, 3.05) is 5.32 Å². The Morgan fingerprint density at radius 1 is 1.29 bits per heavy atom.